The van der Waals surface area contributed by atoms with Crippen LogP contribution < -0.4 is 10.6 Å². The van der Waals surface area contributed by atoms with Crippen LogP contribution in [0.1, 0.15) is 6.99 Å². The number of anilines is 2. The van der Waals surface area contributed by atoms with Crippen molar-refractivity contribution in [3.05, 3.63) is 17.8 Å². The van der Waals surface area contributed by atoms with E-state index in [1.54, 1.807) is 0 Å². The van der Waals surface area contributed by atoms with Crippen LogP contribution in [0.5, 0.6) is 0 Å². The molecule has 2 rings (SSSR count). The second kappa shape index (κ2) is 1.87. The third kappa shape index (κ3) is 0.635. The third-order valence-electron chi connectivity index (χ3n) is 1.68. The van der Waals surface area contributed by atoms with Gasteiger partial charge in [-0.2, -0.15) is 0 Å². The molecule has 0 spiro atoms. The Morgan fingerprint density at radius 2 is 2.50 bits per heavy atom. The molecule has 0 unspecified atom stereocenters. The smallest absolute Gasteiger partial charge is 0.151 e. The topological polar surface area (TPSA) is 37.0 Å². The van der Waals surface area contributed by atoms with Crippen LogP contribution in [0.25, 0.3) is 0 Å². The second-order valence-corrected chi connectivity index (χ2v) is 2.38. The van der Waals surface area contributed by atoms with Crippen LogP contribution in [-0.2, 0) is 0 Å². The predicted molar refractivity (Wildman–Crippen MR) is 43.2 cm³/mol. The van der Waals surface area contributed by atoms with Crippen molar-refractivity contribution in [3.8, 4) is 0 Å². The Labute approximate surface area is 61.0 Å². The first-order chi connectivity index (χ1) is 4.88. The monoisotopic (exact) mass is 137 g/mol. The first-order valence-electron chi connectivity index (χ1n) is 3.31. The van der Waals surface area contributed by atoms with Crippen molar-refractivity contribution < 1.29 is 1.43 Å². The summed E-state index contributed by atoms with van der Waals surface area (Å²) >= 11 is 0. The van der Waals surface area contributed by atoms with E-state index in [0.29, 0.717) is 0 Å². The Balaban J connectivity index is 0.000000605. The molecule has 0 bridgehead atoms. The van der Waals surface area contributed by atoms with Gasteiger partial charge in [0.05, 0.1) is 12.4 Å². The summed E-state index contributed by atoms with van der Waals surface area (Å²) in [4.78, 5) is 4.15. The highest BCUT2D eigenvalue weighted by Gasteiger charge is 2.10. The van der Waals surface area contributed by atoms with Gasteiger partial charge in [0, 0.05) is 7.62 Å². The van der Waals surface area contributed by atoms with E-state index in [9.17, 15) is 0 Å². The third-order valence-corrected chi connectivity index (χ3v) is 1.68. The Morgan fingerprint density at radius 3 is 3.30 bits per heavy atom. The van der Waals surface area contributed by atoms with Gasteiger partial charge in [0.1, 0.15) is 0 Å². The second-order valence-electron chi connectivity index (χ2n) is 2.38. The molecule has 2 N–H and O–H groups in total. The zero-order valence-corrected chi connectivity index (χ0v) is 5.81. The van der Waals surface area contributed by atoms with Crippen molar-refractivity contribution >= 4 is 11.5 Å². The van der Waals surface area contributed by atoms with E-state index in [0.717, 1.165) is 18.2 Å². The molecule has 0 saturated heterocycles. The van der Waals surface area contributed by atoms with Crippen LogP contribution in [0.3, 0.4) is 0 Å². The summed E-state index contributed by atoms with van der Waals surface area (Å²) in [5, 5.41) is 6.31. The van der Waals surface area contributed by atoms with Crippen LogP contribution in [0.15, 0.2) is 12.3 Å². The number of fused-ring (bicyclic) bond motifs is 1. The summed E-state index contributed by atoms with van der Waals surface area (Å²) in [5.74, 6) is 0.972. The number of aryl methyl sites for hydroxylation is 1. The molecule has 1 aromatic rings. The maximum atomic E-state index is 4.15. The molecule has 0 amide bonds. The molecule has 0 aromatic carbocycles. The average molecular weight is 137 g/mol. The number of rotatable bonds is 0. The Kier molecular flexibility index (Phi) is 1.03. The molecule has 0 fully saturated rings. The highest BCUT2D eigenvalue weighted by molar-refractivity contribution is 5.72. The molecule has 1 aromatic heterocycles. The highest BCUT2D eigenvalue weighted by Crippen LogP contribution is 2.25. The Hall–Kier alpha value is -1.25. The lowest BCUT2D eigenvalue weighted by atomic mass is 10.2. The van der Waals surface area contributed by atoms with Crippen molar-refractivity contribution in [3.63, 3.8) is 0 Å². The van der Waals surface area contributed by atoms with E-state index in [4.69, 9.17) is 0 Å². The quantitative estimate of drug-likeness (QED) is 0.568. The maximum Gasteiger partial charge on any atom is 0.151 e. The fourth-order valence-corrected chi connectivity index (χ4v) is 1.13. The van der Waals surface area contributed by atoms with Gasteiger partial charge in [-0.25, -0.2) is 4.98 Å². The Bertz CT molecular complexity index is 262. The molecule has 0 aliphatic carbocycles. The number of nitrogens with zero attached hydrogens (tertiary/aromatic N) is 1. The molecule has 3 nitrogen and oxygen atoms in total. The molecule has 1 aliphatic heterocycles. The predicted octanol–water partition coefficient (Wildman–Crippen LogP) is 1.43. The summed E-state index contributed by atoms with van der Waals surface area (Å²) in [7, 11) is 0. The molecule has 54 valence electrons. The average Bonchev–Trinajstić information content (AvgIpc) is 2.36. The number of aromatic nitrogens is 1. The van der Waals surface area contributed by atoms with E-state index in [2.05, 4.69) is 22.5 Å². The van der Waals surface area contributed by atoms with E-state index in [-0.39, 0.29) is 1.43 Å². The zero-order chi connectivity index (χ0) is 6.97. The van der Waals surface area contributed by atoms with E-state index in [1.165, 1.54) is 5.56 Å². The summed E-state index contributed by atoms with van der Waals surface area (Å²) in [6.07, 6.45) is 1.81. The van der Waals surface area contributed by atoms with Crippen LogP contribution >= 0.6 is 0 Å². The first-order valence-corrected chi connectivity index (χ1v) is 3.31. The summed E-state index contributed by atoms with van der Waals surface area (Å²) in [6.45, 7) is 2.87. The van der Waals surface area contributed by atoms with Gasteiger partial charge in [-0.1, -0.05) is 0 Å². The van der Waals surface area contributed by atoms with Gasteiger partial charge in [0.25, 0.3) is 0 Å². The van der Waals surface area contributed by atoms with Gasteiger partial charge in [0.2, 0.25) is 0 Å². The molecule has 0 atom stereocenters. The fraction of sp³-hybridized carbons (Fsp3) is 0.286. The SMILES string of the molecule is Cc1ccnc2c1NCN2.[HH]. The van der Waals surface area contributed by atoms with Crippen LogP contribution in [-0.4, -0.2) is 11.7 Å². The molecule has 1 aliphatic rings. The van der Waals surface area contributed by atoms with Gasteiger partial charge in [-0.15, -0.1) is 0 Å². The molecule has 0 radical (unpaired) electrons. The van der Waals surface area contributed by atoms with Crippen molar-refractivity contribution in [2.24, 2.45) is 0 Å². The van der Waals surface area contributed by atoms with Crippen LogP contribution in [0, 0.1) is 6.92 Å². The van der Waals surface area contributed by atoms with E-state index < -0.39 is 0 Å². The minimum Gasteiger partial charge on any atom is -0.365 e. The van der Waals surface area contributed by atoms with Gasteiger partial charge < -0.3 is 10.6 Å². The van der Waals surface area contributed by atoms with Gasteiger partial charge in [-0.05, 0) is 18.6 Å². The van der Waals surface area contributed by atoms with Crippen LogP contribution in [0.2, 0.25) is 0 Å². The molecule has 0 saturated carbocycles. The lowest BCUT2D eigenvalue weighted by Crippen LogP contribution is -1.99. The van der Waals surface area contributed by atoms with Crippen molar-refractivity contribution in [2.45, 2.75) is 6.92 Å². The number of nitrogens with one attached hydrogen (secondary N) is 2. The van der Waals surface area contributed by atoms with Gasteiger partial charge >= 0.3 is 0 Å². The minimum absolute atomic E-state index is 0. The normalized spacial score (nSPS) is 13.7. The largest absolute Gasteiger partial charge is 0.365 e. The van der Waals surface area contributed by atoms with Crippen molar-refractivity contribution in [1.29, 1.82) is 0 Å². The lowest BCUT2D eigenvalue weighted by molar-refractivity contribution is 1.27. The minimum atomic E-state index is 0. The maximum absolute atomic E-state index is 4.15. The molecule has 2 heterocycles. The summed E-state index contributed by atoms with van der Waals surface area (Å²) < 4.78 is 0. The van der Waals surface area contributed by atoms with E-state index in [1.807, 2.05) is 12.3 Å². The summed E-state index contributed by atoms with van der Waals surface area (Å²) in [5.41, 5.74) is 2.39. The van der Waals surface area contributed by atoms with E-state index >= 15 is 0 Å². The van der Waals surface area contributed by atoms with Crippen molar-refractivity contribution in [1.82, 2.24) is 4.98 Å². The highest BCUT2D eigenvalue weighted by atomic mass is 15.2. The van der Waals surface area contributed by atoms with Gasteiger partial charge in [0.15, 0.2) is 5.82 Å². The Morgan fingerprint density at radius 1 is 1.60 bits per heavy atom. The van der Waals surface area contributed by atoms with Gasteiger partial charge in [-0.3, -0.25) is 0 Å². The zero-order valence-electron chi connectivity index (χ0n) is 5.81. The summed E-state index contributed by atoms with van der Waals surface area (Å²) in [6, 6.07) is 2.00. The lowest BCUT2D eigenvalue weighted by Gasteiger charge is -1.99. The molecular formula is C7H11N3. The standard InChI is InChI=1S/C7H9N3.H2/c1-5-2-3-8-7-6(5)9-4-10-7;/h2-3,9H,4H2,1H3,(H,8,10);1H. The molecular weight excluding hydrogens is 126 g/mol. The fourth-order valence-electron chi connectivity index (χ4n) is 1.13. The van der Waals surface area contributed by atoms with Crippen LogP contribution in [0.4, 0.5) is 11.5 Å². The number of pyridine rings is 1. The molecule has 10 heavy (non-hydrogen) atoms. The van der Waals surface area contributed by atoms with Crippen molar-refractivity contribution in [2.75, 3.05) is 17.3 Å². The first kappa shape index (κ1) is 5.53. The number of hydrogen-bond donors (Lipinski definition) is 2. The number of hydrogen-bond acceptors (Lipinski definition) is 3. The molecule has 3 heteroatoms.